The molecule has 1 aliphatic rings. The number of hydrogen-bond donors (Lipinski definition) is 1. The van der Waals surface area contributed by atoms with Gasteiger partial charge in [0.1, 0.15) is 0 Å². The van der Waals surface area contributed by atoms with Gasteiger partial charge in [0.15, 0.2) is 5.82 Å². The molecule has 0 saturated heterocycles. The van der Waals surface area contributed by atoms with E-state index in [-0.39, 0.29) is 0 Å². The second-order valence-electron chi connectivity index (χ2n) is 5.37. The maximum absolute atomic E-state index is 5.32. The summed E-state index contributed by atoms with van der Waals surface area (Å²) < 4.78 is 5.32. The zero-order valence-corrected chi connectivity index (χ0v) is 11.4. The van der Waals surface area contributed by atoms with Crippen molar-refractivity contribution < 1.29 is 4.52 Å². The molecule has 1 heterocycles. The molecule has 1 aromatic carbocycles. The fraction of sp³-hybridized carbons (Fsp3) is 0.467. The summed E-state index contributed by atoms with van der Waals surface area (Å²) in [6.45, 7) is 4.84. The summed E-state index contributed by atoms with van der Waals surface area (Å²) in [6, 6.07) is 8.96. The Kier molecular flexibility index (Phi) is 3.34. The van der Waals surface area contributed by atoms with Crippen LogP contribution in [0, 0.1) is 0 Å². The highest BCUT2D eigenvalue weighted by atomic mass is 16.5. The molecule has 0 radical (unpaired) electrons. The van der Waals surface area contributed by atoms with Gasteiger partial charge < -0.3 is 9.84 Å². The van der Waals surface area contributed by atoms with Crippen LogP contribution in [0.3, 0.4) is 0 Å². The van der Waals surface area contributed by atoms with Crippen molar-refractivity contribution in [2.75, 3.05) is 0 Å². The number of fused-ring (bicyclic) bond motifs is 1. The van der Waals surface area contributed by atoms with Crippen molar-refractivity contribution in [2.24, 2.45) is 0 Å². The Morgan fingerprint density at radius 3 is 3.05 bits per heavy atom. The van der Waals surface area contributed by atoms with Gasteiger partial charge >= 0.3 is 0 Å². The Bertz CT molecular complexity index is 562. The predicted molar refractivity (Wildman–Crippen MR) is 72.9 cm³/mol. The first kappa shape index (κ1) is 12.4. The van der Waals surface area contributed by atoms with E-state index in [0.29, 0.717) is 24.4 Å². The van der Waals surface area contributed by atoms with Crippen LogP contribution in [0.4, 0.5) is 0 Å². The molecule has 100 valence electrons. The van der Waals surface area contributed by atoms with Crippen LogP contribution < -0.4 is 5.32 Å². The number of benzene rings is 1. The average molecular weight is 257 g/mol. The smallest absolute Gasteiger partial charge is 0.240 e. The van der Waals surface area contributed by atoms with Crippen molar-refractivity contribution in [3.63, 3.8) is 0 Å². The number of aromatic nitrogens is 2. The molecule has 1 aromatic heterocycles. The largest absolute Gasteiger partial charge is 0.338 e. The summed E-state index contributed by atoms with van der Waals surface area (Å²) in [5.41, 5.74) is 2.77. The molecule has 1 atom stereocenters. The van der Waals surface area contributed by atoms with Gasteiger partial charge in [0.25, 0.3) is 0 Å². The normalized spacial score (nSPS) is 17.9. The van der Waals surface area contributed by atoms with Crippen LogP contribution in [0.2, 0.25) is 0 Å². The van der Waals surface area contributed by atoms with E-state index >= 15 is 0 Å². The van der Waals surface area contributed by atoms with E-state index in [1.165, 1.54) is 11.1 Å². The SMILES string of the molecule is CC(C)NCc1nc(C2CCc3ccccc32)no1. The third-order valence-electron chi connectivity index (χ3n) is 3.59. The minimum atomic E-state index is 0.299. The van der Waals surface area contributed by atoms with Crippen LogP contribution in [0.5, 0.6) is 0 Å². The van der Waals surface area contributed by atoms with Crippen molar-refractivity contribution in [3.05, 3.63) is 47.1 Å². The van der Waals surface area contributed by atoms with Gasteiger partial charge in [-0.1, -0.05) is 43.3 Å². The Hall–Kier alpha value is -1.68. The molecule has 1 unspecified atom stereocenters. The van der Waals surface area contributed by atoms with Gasteiger partial charge in [0.05, 0.1) is 6.54 Å². The van der Waals surface area contributed by atoms with Gasteiger partial charge in [-0.2, -0.15) is 4.98 Å². The Balaban J connectivity index is 1.77. The molecule has 19 heavy (non-hydrogen) atoms. The molecular weight excluding hydrogens is 238 g/mol. The second kappa shape index (κ2) is 5.13. The first-order chi connectivity index (χ1) is 9.24. The molecule has 0 amide bonds. The number of rotatable bonds is 4. The lowest BCUT2D eigenvalue weighted by Gasteiger charge is -2.05. The Morgan fingerprint density at radius 1 is 1.37 bits per heavy atom. The number of hydrogen-bond acceptors (Lipinski definition) is 4. The van der Waals surface area contributed by atoms with Gasteiger partial charge in [0, 0.05) is 12.0 Å². The van der Waals surface area contributed by atoms with Crippen molar-refractivity contribution in [1.82, 2.24) is 15.5 Å². The fourth-order valence-electron chi connectivity index (χ4n) is 2.60. The summed E-state index contributed by atoms with van der Waals surface area (Å²) in [5.74, 6) is 1.80. The standard InChI is InChI=1S/C15H19N3O/c1-10(2)16-9-14-17-15(18-19-14)13-8-7-11-5-3-4-6-12(11)13/h3-6,10,13,16H,7-9H2,1-2H3. The molecule has 0 saturated carbocycles. The lowest BCUT2D eigenvalue weighted by molar-refractivity contribution is 0.356. The molecule has 1 aliphatic carbocycles. The molecule has 0 fully saturated rings. The van der Waals surface area contributed by atoms with Crippen LogP contribution >= 0.6 is 0 Å². The summed E-state index contributed by atoms with van der Waals surface area (Å²) in [4.78, 5) is 4.52. The maximum atomic E-state index is 5.32. The zero-order chi connectivity index (χ0) is 13.2. The quantitative estimate of drug-likeness (QED) is 0.914. The molecule has 4 nitrogen and oxygen atoms in total. The van der Waals surface area contributed by atoms with Crippen molar-refractivity contribution in [1.29, 1.82) is 0 Å². The predicted octanol–water partition coefficient (Wildman–Crippen LogP) is 2.65. The van der Waals surface area contributed by atoms with E-state index < -0.39 is 0 Å². The van der Waals surface area contributed by atoms with Crippen LogP contribution in [0.25, 0.3) is 0 Å². The monoisotopic (exact) mass is 257 g/mol. The highest BCUT2D eigenvalue weighted by Gasteiger charge is 2.27. The summed E-state index contributed by atoms with van der Waals surface area (Å²) >= 11 is 0. The fourth-order valence-corrected chi connectivity index (χ4v) is 2.60. The van der Waals surface area contributed by atoms with Crippen LogP contribution in [-0.4, -0.2) is 16.2 Å². The van der Waals surface area contributed by atoms with Crippen LogP contribution in [0.1, 0.15) is 49.0 Å². The van der Waals surface area contributed by atoms with E-state index in [0.717, 1.165) is 18.7 Å². The Morgan fingerprint density at radius 2 is 2.21 bits per heavy atom. The average Bonchev–Trinajstić information content (AvgIpc) is 3.02. The first-order valence-electron chi connectivity index (χ1n) is 6.87. The van der Waals surface area contributed by atoms with Crippen LogP contribution in [-0.2, 0) is 13.0 Å². The van der Waals surface area contributed by atoms with Crippen molar-refractivity contribution >= 4 is 0 Å². The molecule has 0 spiro atoms. The van der Waals surface area contributed by atoms with Gasteiger partial charge in [-0.15, -0.1) is 0 Å². The Labute approximate surface area is 113 Å². The lowest BCUT2D eigenvalue weighted by atomic mass is 10.0. The summed E-state index contributed by atoms with van der Waals surface area (Å²) in [6.07, 6.45) is 2.19. The van der Waals surface area contributed by atoms with E-state index in [1.54, 1.807) is 0 Å². The summed E-state index contributed by atoms with van der Waals surface area (Å²) in [7, 11) is 0. The highest BCUT2D eigenvalue weighted by Crippen LogP contribution is 2.36. The maximum Gasteiger partial charge on any atom is 0.240 e. The van der Waals surface area contributed by atoms with E-state index in [9.17, 15) is 0 Å². The van der Waals surface area contributed by atoms with E-state index in [1.807, 2.05) is 0 Å². The number of nitrogens with zero attached hydrogens (tertiary/aromatic N) is 2. The molecule has 0 aliphatic heterocycles. The lowest BCUT2D eigenvalue weighted by Crippen LogP contribution is -2.22. The second-order valence-corrected chi connectivity index (χ2v) is 5.37. The van der Waals surface area contributed by atoms with Gasteiger partial charge in [0.2, 0.25) is 5.89 Å². The molecule has 3 rings (SSSR count). The molecule has 2 aromatic rings. The van der Waals surface area contributed by atoms with E-state index in [4.69, 9.17) is 4.52 Å². The zero-order valence-electron chi connectivity index (χ0n) is 11.4. The van der Waals surface area contributed by atoms with Gasteiger partial charge in [-0.25, -0.2) is 0 Å². The number of aryl methyl sites for hydroxylation is 1. The van der Waals surface area contributed by atoms with Gasteiger partial charge in [-0.3, -0.25) is 0 Å². The topological polar surface area (TPSA) is 51.0 Å². The summed E-state index contributed by atoms with van der Waals surface area (Å²) in [5, 5.41) is 7.44. The third kappa shape index (κ3) is 2.54. The van der Waals surface area contributed by atoms with E-state index in [2.05, 4.69) is 53.6 Å². The minimum Gasteiger partial charge on any atom is -0.338 e. The molecular formula is C15H19N3O. The molecule has 4 heteroatoms. The van der Waals surface area contributed by atoms with Crippen LogP contribution in [0.15, 0.2) is 28.8 Å². The molecule has 1 N–H and O–H groups in total. The minimum absolute atomic E-state index is 0.299. The number of nitrogens with one attached hydrogen (secondary N) is 1. The van der Waals surface area contributed by atoms with Gasteiger partial charge in [-0.05, 0) is 24.0 Å². The molecule has 0 bridgehead atoms. The van der Waals surface area contributed by atoms with Crippen molar-refractivity contribution in [2.45, 2.75) is 45.2 Å². The third-order valence-corrected chi connectivity index (χ3v) is 3.59. The van der Waals surface area contributed by atoms with Crippen molar-refractivity contribution in [3.8, 4) is 0 Å². The first-order valence-corrected chi connectivity index (χ1v) is 6.87. The highest BCUT2D eigenvalue weighted by molar-refractivity contribution is 5.38.